The zero-order chi connectivity index (χ0) is 12.0. The monoisotopic (exact) mass is 287 g/mol. The number of anilines is 1. The van der Waals surface area contributed by atoms with Crippen LogP contribution in [-0.2, 0) is 0 Å². The van der Waals surface area contributed by atoms with Crippen molar-refractivity contribution in [3.63, 3.8) is 0 Å². The first-order valence-electron chi connectivity index (χ1n) is 5.37. The van der Waals surface area contributed by atoms with E-state index < -0.39 is 0 Å². The van der Waals surface area contributed by atoms with E-state index in [1.165, 1.54) is 5.75 Å². The van der Waals surface area contributed by atoms with E-state index in [1.54, 1.807) is 6.07 Å². The van der Waals surface area contributed by atoms with Gasteiger partial charge in [-0.05, 0) is 24.3 Å². The number of nitrogen functional groups attached to an aromatic ring is 1. The molecular weight excluding hydrogens is 277 g/mol. The Morgan fingerprint density at radius 3 is 2.82 bits per heavy atom. The largest absolute Gasteiger partial charge is 0.369 e. The summed E-state index contributed by atoms with van der Waals surface area (Å²) in [6.07, 6.45) is 1.13. The molecule has 2 heterocycles. The predicted octanol–water partition coefficient (Wildman–Crippen LogP) is 3.60. The van der Waals surface area contributed by atoms with Gasteiger partial charge in [-0.15, -0.1) is 0 Å². The second-order valence-corrected chi connectivity index (χ2v) is 6.08. The van der Waals surface area contributed by atoms with Crippen molar-refractivity contribution in [2.24, 2.45) is 0 Å². The molecule has 1 aromatic carbocycles. The second-order valence-electron chi connectivity index (χ2n) is 4.11. The summed E-state index contributed by atoms with van der Waals surface area (Å²) in [6.45, 7) is 0. The molecule has 3 nitrogen and oxygen atoms in total. The average molecular weight is 288 g/mol. The number of rotatable bonds is 1. The van der Waals surface area contributed by atoms with Crippen LogP contribution in [0.2, 0.25) is 10.0 Å². The topological polar surface area (TPSA) is 43.8 Å². The summed E-state index contributed by atoms with van der Waals surface area (Å²) < 4.78 is 2.08. The Labute approximate surface area is 113 Å². The molecule has 3 rings (SSSR count). The standard InChI is InChI=1S/C11H11Cl2N3S/c12-7-3-9-10(4-8(7)13)16(11(14)15-9)6-1-2-17-5-6/h3-4,6H,1-2,5H2,(H2,14,15). The molecule has 1 saturated heterocycles. The van der Waals surface area contributed by atoms with Crippen molar-refractivity contribution < 1.29 is 0 Å². The van der Waals surface area contributed by atoms with Gasteiger partial charge in [0.15, 0.2) is 0 Å². The van der Waals surface area contributed by atoms with Crippen molar-refractivity contribution in [1.29, 1.82) is 0 Å². The summed E-state index contributed by atoms with van der Waals surface area (Å²) in [7, 11) is 0. The molecule has 0 bridgehead atoms. The summed E-state index contributed by atoms with van der Waals surface area (Å²) in [5.41, 5.74) is 7.78. The van der Waals surface area contributed by atoms with E-state index in [2.05, 4.69) is 9.55 Å². The zero-order valence-corrected chi connectivity index (χ0v) is 11.3. The van der Waals surface area contributed by atoms with Crippen molar-refractivity contribution in [2.75, 3.05) is 17.2 Å². The van der Waals surface area contributed by atoms with Gasteiger partial charge in [0, 0.05) is 11.8 Å². The molecule has 0 spiro atoms. The lowest BCUT2D eigenvalue weighted by Gasteiger charge is -2.13. The normalized spacial score (nSPS) is 20.2. The lowest BCUT2D eigenvalue weighted by molar-refractivity contribution is 0.583. The summed E-state index contributed by atoms with van der Waals surface area (Å²) >= 11 is 14.0. The maximum atomic E-state index is 6.06. The van der Waals surface area contributed by atoms with Crippen LogP contribution in [0, 0.1) is 0 Å². The van der Waals surface area contributed by atoms with Gasteiger partial charge in [0.2, 0.25) is 5.95 Å². The van der Waals surface area contributed by atoms with Crippen LogP contribution in [0.4, 0.5) is 5.95 Å². The minimum absolute atomic E-state index is 0.419. The molecule has 1 atom stereocenters. The van der Waals surface area contributed by atoms with Gasteiger partial charge in [-0.2, -0.15) is 11.8 Å². The SMILES string of the molecule is Nc1nc2cc(Cl)c(Cl)cc2n1C1CCSC1. The number of fused-ring (bicyclic) bond motifs is 1. The van der Waals surface area contributed by atoms with Crippen LogP contribution in [0.15, 0.2) is 12.1 Å². The van der Waals surface area contributed by atoms with E-state index in [-0.39, 0.29) is 0 Å². The second kappa shape index (κ2) is 4.26. The molecule has 17 heavy (non-hydrogen) atoms. The number of halogens is 2. The van der Waals surface area contributed by atoms with Crippen LogP contribution < -0.4 is 5.73 Å². The average Bonchev–Trinajstić information content (AvgIpc) is 2.86. The molecule has 0 aliphatic carbocycles. The van der Waals surface area contributed by atoms with Gasteiger partial charge in [-0.25, -0.2) is 4.98 Å². The number of imidazole rings is 1. The van der Waals surface area contributed by atoms with Crippen LogP contribution in [0.5, 0.6) is 0 Å². The van der Waals surface area contributed by atoms with Crippen LogP contribution in [0.3, 0.4) is 0 Å². The molecule has 0 amide bonds. The molecule has 1 aliphatic rings. The Hall–Kier alpha value is -0.580. The molecule has 1 fully saturated rings. The summed E-state index contributed by atoms with van der Waals surface area (Å²) in [5, 5.41) is 1.07. The fourth-order valence-corrected chi connectivity index (χ4v) is 3.73. The minimum atomic E-state index is 0.419. The number of hydrogen-bond donors (Lipinski definition) is 1. The highest BCUT2D eigenvalue weighted by atomic mass is 35.5. The molecule has 1 unspecified atom stereocenters. The molecule has 2 N–H and O–H groups in total. The van der Waals surface area contributed by atoms with Crippen molar-refractivity contribution in [1.82, 2.24) is 9.55 Å². The number of benzene rings is 1. The van der Waals surface area contributed by atoms with Crippen LogP contribution in [0.1, 0.15) is 12.5 Å². The molecule has 0 saturated carbocycles. The first kappa shape index (κ1) is 11.5. The number of aromatic nitrogens is 2. The van der Waals surface area contributed by atoms with Gasteiger partial charge >= 0.3 is 0 Å². The zero-order valence-electron chi connectivity index (χ0n) is 8.99. The van der Waals surface area contributed by atoms with Crippen LogP contribution >= 0.6 is 35.0 Å². The van der Waals surface area contributed by atoms with E-state index in [4.69, 9.17) is 28.9 Å². The van der Waals surface area contributed by atoms with E-state index in [0.29, 0.717) is 22.0 Å². The number of nitrogens with two attached hydrogens (primary N) is 1. The quantitative estimate of drug-likeness (QED) is 0.872. The number of thioether (sulfide) groups is 1. The van der Waals surface area contributed by atoms with Gasteiger partial charge in [0.1, 0.15) is 0 Å². The lowest BCUT2D eigenvalue weighted by Crippen LogP contribution is -2.10. The smallest absolute Gasteiger partial charge is 0.201 e. The predicted molar refractivity (Wildman–Crippen MR) is 75.1 cm³/mol. The molecule has 1 aliphatic heterocycles. The van der Waals surface area contributed by atoms with Gasteiger partial charge in [-0.3, -0.25) is 0 Å². The minimum Gasteiger partial charge on any atom is -0.369 e. The Balaban J connectivity index is 2.22. The molecule has 2 aromatic rings. The molecule has 0 radical (unpaired) electrons. The van der Waals surface area contributed by atoms with E-state index in [9.17, 15) is 0 Å². The lowest BCUT2D eigenvalue weighted by atomic mass is 10.2. The summed E-state index contributed by atoms with van der Waals surface area (Å²) in [4.78, 5) is 4.35. The highest BCUT2D eigenvalue weighted by Crippen LogP contribution is 2.35. The van der Waals surface area contributed by atoms with E-state index >= 15 is 0 Å². The summed E-state index contributed by atoms with van der Waals surface area (Å²) in [6, 6.07) is 4.04. The van der Waals surface area contributed by atoms with Gasteiger partial charge < -0.3 is 10.3 Å². The van der Waals surface area contributed by atoms with Gasteiger partial charge in [0.25, 0.3) is 0 Å². The Morgan fingerprint density at radius 2 is 2.12 bits per heavy atom. The van der Waals surface area contributed by atoms with Crippen LogP contribution in [-0.4, -0.2) is 21.1 Å². The Morgan fingerprint density at radius 1 is 1.35 bits per heavy atom. The van der Waals surface area contributed by atoms with E-state index in [1.807, 2.05) is 17.8 Å². The highest BCUT2D eigenvalue weighted by molar-refractivity contribution is 7.99. The highest BCUT2D eigenvalue weighted by Gasteiger charge is 2.22. The summed E-state index contributed by atoms with van der Waals surface area (Å²) in [5.74, 6) is 2.80. The maximum absolute atomic E-state index is 6.06. The van der Waals surface area contributed by atoms with Crippen molar-refractivity contribution in [3.05, 3.63) is 22.2 Å². The van der Waals surface area contributed by atoms with Gasteiger partial charge in [0.05, 0.1) is 21.1 Å². The fraction of sp³-hybridized carbons (Fsp3) is 0.364. The van der Waals surface area contributed by atoms with Crippen molar-refractivity contribution in [2.45, 2.75) is 12.5 Å². The first-order valence-corrected chi connectivity index (χ1v) is 7.28. The molecule has 90 valence electrons. The maximum Gasteiger partial charge on any atom is 0.201 e. The van der Waals surface area contributed by atoms with Gasteiger partial charge in [-0.1, -0.05) is 23.2 Å². The third kappa shape index (κ3) is 1.88. The third-order valence-electron chi connectivity index (χ3n) is 3.03. The molecular formula is C11H11Cl2N3S. The van der Waals surface area contributed by atoms with Crippen molar-refractivity contribution in [3.8, 4) is 0 Å². The Kier molecular flexibility index (Phi) is 2.89. The first-order chi connectivity index (χ1) is 8.16. The van der Waals surface area contributed by atoms with E-state index in [0.717, 1.165) is 23.2 Å². The van der Waals surface area contributed by atoms with Crippen LogP contribution in [0.25, 0.3) is 11.0 Å². The fourth-order valence-electron chi connectivity index (χ4n) is 2.22. The number of hydrogen-bond acceptors (Lipinski definition) is 3. The van der Waals surface area contributed by atoms with Crippen molar-refractivity contribution >= 4 is 51.9 Å². The molecule has 6 heteroatoms. The molecule has 1 aromatic heterocycles. The Bertz CT molecular complexity index is 576. The number of nitrogens with zero attached hydrogens (tertiary/aromatic N) is 2. The third-order valence-corrected chi connectivity index (χ3v) is 4.90.